The van der Waals surface area contributed by atoms with Gasteiger partial charge < -0.3 is 15.0 Å². The number of H-pyrrole nitrogens is 1. The van der Waals surface area contributed by atoms with Crippen LogP contribution in [0.2, 0.25) is 0 Å². The maximum Gasteiger partial charge on any atom is 0.255 e. The van der Waals surface area contributed by atoms with Gasteiger partial charge in [0.25, 0.3) is 5.56 Å². The number of rotatable bonds is 9. The van der Waals surface area contributed by atoms with Crippen molar-refractivity contribution >= 4 is 17.7 Å². The molecule has 0 atom stereocenters. The maximum atomic E-state index is 12.5. The first kappa shape index (κ1) is 21.6. The first-order valence-electron chi connectivity index (χ1n) is 9.71. The van der Waals surface area contributed by atoms with Crippen LogP contribution < -0.4 is 15.6 Å². The Balaban J connectivity index is 1.53. The summed E-state index contributed by atoms with van der Waals surface area (Å²) < 4.78 is 5.21. The third-order valence-corrected chi connectivity index (χ3v) is 5.57. The van der Waals surface area contributed by atoms with Crippen LogP contribution in [-0.2, 0) is 23.4 Å². The van der Waals surface area contributed by atoms with E-state index in [1.807, 2.05) is 54.6 Å². The zero-order valence-electron chi connectivity index (χ0n) is 17.1. The van der Waals surface area contributed by atoms with E-state index < -0.39 is 0 Å². The van der Waals surface area contributed by atoms with Crippen molar-refractivity contribution in [2.24, 2.45) is 0 Å². The van der Waals surface area contributed by atoms with Crippen LogP contribution in [0.5, 0.6) is 5.75 Å². The summed E-state index contributed by atoms with van der Waals surface area (Å²) in [5.41, 5.74) is 2.95. The normalized spacial score (nSPS) is 10.6. The van der Waals surface area contributed by atoms with Crippen molar-refractivity contribution < 1.29 is 9.53 Å². The average Bonchev–Trinajstić information content (AvgIpc) is 2.76. The number of hydrogen-bond acceptors (Lipinski definition) is 5. The molecule has 0 spiro atoms. The number of aromatic nitrogens is 2. The van der Waals surface area contributed by atoms with Gasteiger partial charge in [-0.3, -0.25) is 9.59 Å². The molecular formula is C23H25N3O3S. The number of aryl methyl sites for hydroxylation is 1. The topological polar surface area (TPSA) is 84.1 Å². The molecule has 2 aromatic carbocycles. The fraction of sp³-hybridized carbons (Fsp3) is 0.261. The summed E-state index contributed by atoms with van der Waals surface area (Å²) in [5, 5.41) is 3.43. The summed E-state index contributed by atoms with van der Waals surface area (Å²) in [4.78, 5) is 32.0. The first-order chi connectivity index (χ1) is 14.5. The van der Waals surface area contributed by atoms with Gasteiger partial charge in [0.05, 0.1) is 13.5 Å². The lowest BCUT2D eigenvalue weighted by Gasteiger charge is -2.09. The Bertz CT molecular complexity index is 1050. The fourth-order valence-electron chi connectivity index (χ4n) is 2.98. The van der Waals surface area contributed by atoms with E-state index in [4.69, 9.17) is 4.74 Å². The molecule has 1 heterocycles. The highest BCUT2D eigenvalue weighted by atomic mass is 32.2. The Kier molecular flexibility index (Phi) is 7.68. The molecule has 0 unspecified atom stereocenters. The third-order valence-electron chi connectivity index (χ3n) is 4.63. The summed E-state index contributed by atoms with van der Waals surface area (Å²) in [5.74, 6) is 1.31. The van der Waals surface area contributed by atoms with Crippen LogP contribution in [0.1, 0.15) is 22.4 Å². The Morgan fingerprint density at radius 2 is 1.90 bits per heavy atom. The fourth-order valence-corrected chi connectivity index (χ4v) is 3.85. The molecule has 0 saturated carbocycles. The molecule has 156 valence electrons. The lowest BCUT2D eigenvalue weighted by atomic mass is 10.1. The van der Waals surface area contributed by atoms with Crippen molar-refractivity contribution in [3.63, 3.8) is 0 Å². The van der Waals surface area contributed by atoms with Crippen LogP contribution in [0, 0.1) is 6.92 Å². The van der Waals surface area contributed by atoms with Crippen LogP contribution in [0.15, 0.2) is 64.5 Å². The number of benzene rings is 2. The zero-order valence-corrected chi connectivity index (χ0v) is 17.9. The molecular weight excluding hydrogens is 398 g/mol. The van der Waals surface area contributed by atoms with Gasteiger partial charge in [-0.05, 0) is 36.6 Å². The molecule has 0 bridgehead atoms. The summed E-state index contributed by atoms with van der Waals surface area (Å²) in [6.07, 6.45) is 0.696. The minimum atomic E-state index is -0.263. The number of nitrogens with one attached hydrogen (secondary N) is 2. The first-order valence-corrected chi connectivity index (χ1v) is 10.7. The molecule has 30 heavy (non-hydrogen) atoms. The van der Waals surface area contributed by atoms with Gasteiger partial charge in [0.1, 0.15) is 5.75 Å². The molecule has 6 nitrogen and oxygen atoms in total. The second-order valence-corrected chi connectivity index (χ2v) is 7.80. The molecule has 3 aromatic rings. The SMILES string of the molecule is COc1cccc(CCNC(=O)Cc2c(C)nc(SCc3ccccc3)[nH]c2=O)c1. The monoisotopic (exact) mass is 423 g/mol. The van der Waals surface area contributed by atoms with Crippen LogP contribution in [0.3, 0.4) is 0 Å². The molecule has 0 fully saturated rings. The highest BCUT2D eigenvalue weighted by Gasteiger charge is 2.13. The number of amides is 1. The van der Waals surface area contributed by atoms with Crippen molar-refractivity contribution in [2.75, 3.05) is 13.7 Å². The summed E-state index contributed by atoms with van der Waals surface area (Å²) in [7, 11) is 1.63. The molecule has 0 aliphatic heterocycles. The second kappa shape index (κ2) is 10.6. The Morgan fingerprint density at radius 1 is 1.13 bits per heavy atom. The van der Waals surface area contributed by atoms with E-state index in [2.05, 4.69) is 15.3 Å². The number of aromatic amines is 1. The molecule has 3 rings (SSSR count). The predicted molar refractivity (Wildman–Crippen MR) is 119 cm³/mol. The zero-order chi connectivity index (χ0) is 21.3. The quantitative estimate of drug-likeness (QED) is 0.408. The molecule has 0 radical (unpaired) electrons. The number of thioether (sulfide) groups is 1. The van der Waals surface area contributed by atoms with E-state index in [9.17, 15) is 9.59 Å². The van der Waals surface area contributed by atoms with Gasteiger partial charge in [0, 0.05) is 23.6 Å². The number of nitrogens with zero attached hydrogens (tertiary/aromatic N) is 1. The minimum Gasteiger partial charge on any atom is -0.497 e. The largest absolute Gasteiger partial charge is 0.497 e. The Morgan fingerprint density at radius 3 is 2.63 bits per heavy atom. The van der Waals surface area contributed by atoms with Gasteiger partial charge in [-0.25, -0.2) is 4.98 Å². The van der Waals surface area contributed by atoms with Gasteiger partial charge in [-0.2, -0.15) is 0 Å². The van der Waals surface area contributed by atoms with Gasteiger partial charge in [-0.15, -0.1) is 0 Å². The highest BCUT2D eigenvalue weighted by molar-refractivity contribution is 7.98. The van der Waals surface area contributed by atoms with Crippen LogP contribution >= 0.6 is 11.8 Å². The average molecular weight is 424 g/mol. The highest BCUT2D eigenvalue weighted by Crippen LogP contribution is 2.18. The molecule has 2 N–H and O–H groups in total. The molecule has 1 aromatic heterocycles. The van der Waals surface area contributed by atoms with Crippen molar-refractivity contribution in [1.29, 1.82) is 0 Å². The maximum absolute atomic E-state index is 12.5. The van der Waals surface area contributed by atoms with Crippen molar-refractivity contribution in [3.05, 3.63) is 87.3 Å². The van der Waals surface area contributed by atoms with Gasteiger partial charge in [0.15, 0.2) is 5.16 Å². The van der Waals surface area contributed by atoms with E-state index in [0.717, 1.165) is 16.9 Å². The van der Waals surface area contributed by atoms with Gasteiger partial charge >= 0.3 is 0 Å². The van der Waals surface area contributed by atoms with Crippen LogP contribution in [0.4, 0.5) is 0 Å². The molecule has 1 amide bonds. The smallest absolute Gasteiger partial charge is 0.255 e. The van der Waals surface area contributed by atoms with Gasteiger partial charge in [-0.1, -0.05) is 54.2 Å². The second-order valence-electron chi connectivity index (χ2n) is 6.84. The number of carbonyl (C=O) groups excluding carboxylic acids is 1. The number of hydrogen-bond donors (Lipinski definition) is 2. The van der Waals surface area contributed by atoms with Crippen molar-refractivity contribution in [2.45, 2.75) is 30.7 Å². The number of methoxy groups -OCH3 is 1. The molecule has 7 heteroatoms. The lowest BCUT2D eigenvalue weighted by Crippen LogP contribution is -2.30. The minimum absolute atomic E-state index is 0.00983. The van der Waals surface area contributed by atoms with Crippen molar-refractivity contribution in [3.8, 4) is 5.75 Å². The van der Waals surface area contributed by atoms with E-state index in [1.54, 1.807) is 14.0 Å². The number of carbonyl (C=O) groups is 1. The third kappa shape index (κ3) is 6.22. The Labute approximate surface area is 180 Å². The molecule has 0 saturated heterocycles. The van der Waals surface area contributed by atoms with Crippen molar-refractivity contribution in [1.82, 2.24) is 15.3 Å². The molecule has 0 aliphatic carbocycles. The van der Waals surface area contributed by atoms with E-state index in [1.165, 1.54) is 11.8 Å². The van der Waals surface area contributed by atoms with Crippen LogP contribution in [-0.4, -0.2) is 29.5 Å². The Hall–Kier alpha value is -3.06. The predicted octanol–water partition coefficient (Wildman–Crippen LogP) is 3.28. The van der Waals surface area contributed by atoms with Gasteiger partial charge in [0.2, 0.25) is 5.91 Å². The summed E-state index contributed by atoms with van der Waals surface area (Å²) >= 11 is 1.47. The number of ether oxygens (including phenoxy) is 1. The molecule has 0 aliphatic rings. The lowest BCUT2D eigenvalue weighted by molar-refractivity contribution is -0.120. The van der Waals surface area contributed by atoms with E-state index >= 15 is 0 Å². The van der Waals surface area contributed by atoms with E-state index in [-0.39, 0.29) is 17.9 Å². The summed E-state index contributed by atoms with van der Waals surface area (Å²) in [6, 6.07) is 17.7. The standard InChI is InChI=1S/C23H25N3O3S/c1-16-20(14-21(27)24-12-11-17-9-6-10-19(13-17)29-2)22(28)26-23(25-16)30-15-18-7-4-3-5-8-18/h3-10,13H,11-12,14-15H2,1-2H3,(H,24,27)(H,25,26,28). The summed E-state index contributed by atoms with van der Waals surface area (Å²) in [6.45, 7) is 2.25. The van der Waals surface area contributed by atoms with E-state index in [0.29, 0.717) is 35.1 Å². The van der Waals surface area contributed by atoms with Crippen LogP contribution in [0.25, 0.3) is 0 Å².